The van der Waals surface area contributed by atoms with Gasteiger partial charge in [-0.1, -0.05) is 0 Å². The SMILES string of the molecule is C#CC[C@H](N)c1nc(=S)o[nH]1. The lowest BCUT2D eigenvalue weighted by Gasteiger charge is -1.99. The number of aromatic nitrogens is 2. The molecule has 4 nitrogen and oxygen atoms in total. The average Bonchev–Trinajstić information content (AvgIpc) is 2.36. The van der Waals surface area contributed by atoms with Gasteiger partial charge in [-0.05, 0) is 12.2 Å². The van der Waals surface area contributed by atoms with E-state index < -0.39 is 0 Å². The number of hydrogen-bond acceptors (Lipinski definition) is 4. The molecular formula is C6H7N3OS. The van der Waals surface area contributed by atoms with E-state index in [1.807, 2.05) is 0 Å². The topological polar surface area (TPSA) is 67.8 Å². The molecule has 0 fully saturated rings. The molecule has 0 aliphatic heterocycles. The van der Waals surface area contributed by atoms with E-state index in [9.17, 15) is 0 Å². The fourth-order valence-corrected chi connectivity index (χ4v) is 0.762. The quantitative estimate of drug-likeness (QED) is 0.506. The summed E-state index contributed by atoms with van der Waals surface area (Å²) in [5.41, 5.74) is 5.58. The van der Waals surface area contributed by atoms with Crippen LogP contribution in [0.5, 0.6) is 0 Å². The molecule has 1 heterocycles. The van der Waals surface area contributed by atoms with Gasteiger partial charge in [-0.3, -0.25) is 0 Å². The second-order valence-electron chi connectivity index (χ2n) is 1.98. The molecular weight excluding hydrogens is 162 g/mol. The summed E-state index contributed by atoms with van der Waals surface area (Å²) in [6.07, 6.45) is 5.46. The number of nitrogens with one attached hydrogen (secondary N) is 1. The van der Waals surface area contributed by atoms with E-state index in [1.54, 1.807) is 0 Å². The zero-order valence-electron chi connectivity index (χ0n) is 5.70. The molecule has 0 saturated carbocycles. The van der Waals surface area contributed by atoms with Crippen LogP contribution in [-0.2, 0) is 0 Å². The standard InChI is InChI=1S/C6H7N3OS/c1-2-3-4(7)5-8-6(11)10-9-5/h1,4H,3,7H2,(H,8,9,11)/t4-/m0/s1. The van der Waals surface area contributed by atoms with Gasteiger partial charge in [0.15, 0.2) is 5.82 Å². The minimum absolute atomic E-state index is 0.146. The van der Waals surface area contributed by atoms with Crippen LogP contribution in [0.2, 0.25) is 0 Å². The molecule has 0 aliphatic carbocycles. The molecule has 0 radical (unpaired) electrons. The van der Waals surface area contributed by atoms with Gasteiger partial charge < -0.3 is 10.3 Å². The van der Waals surface area contributed by atoms with Gasteiger partial charge in [-0.2, -0.15) is 4.98 Å². The van der Waals surface area contributed by atoms with Crippen molar-refractivity contribution in [2.24, 2.45) is 5.73 Å². The number of rotatable bonds is 2. The molecule has 58 valence electrons. The number of terminal acetylenes is 1. The van der Waals surface area contributed by atoms with Crippen molar-refractivity contribution >= 4 is 12.2 Å². The van der Waals surface area contributed by atoms with Crippen LogP contribution in [0.3, 0.4) is 0 Å². The van der Waals surface area contributed by atoms with Gasteiger partial charge in [-0.25, -0.2) is 5.16 Å². The minimum Gasteiger partial charge on any atom is -0.348 e. The summed E-state index contributed by atoms with van der Waals surface area (Å²) < 4.78 is 4.66. The van der Waals surface area contributed by atoms with Gasteiger partial charge in [0, 0.05) is 6.42 Å². The molecule has 11 heavy (non-hydrogen) atoms. The predicted octanol–water partition coefficient (Wildman–Crippen LogP) is 0.755. The van der Waals surface area contributed by atoms with Crippen LogP contribution >= 0.6 is 12.2 Å². The van der Waals surface area contributed by atoms with Gasteiger partial charge in [0.2, 0.25) is 0 Å². The summed E-state index contributed by atoms with van der Waals surface area (Å²) in [6.45, 7) is 0. The van der Waals surface area contributed by atoms with Gasteiger partial charge in [-0.15, -0.1) is 12.3 Å². The Kier molecular flexibility index (Phi) is 2.41. The first-order valence-corrected chi connectivity index (χ1v) is 3.39. The van der Waals surface area contributed by atoms with Gasteiger partial charge in [0.25, 0.3) is 0 Å². The molecule has 1 rings (SSSR count). The van der Waals surface area contributed by atoms with Crippen LogP contribution in [0.1, 0.15) is 18.3 Å². The Bertz CT molecular complexity index is 321. The monoisotopic (exact) mass is 169 g/mol. The van der Waals surface area contributed by atoms with Crippen LogP contribution in [0.15, 0.2) is 4.52 Å². The molecule has 0 spiro atoms. The molecule has 0 aromatic carbocycles. The van der Waals surface area contributed by atoms with E-state index in [1.165, 1.54) is 0 Å². The Morgan fingerprint density at radius 3 is 3.09 bits per heavy atom. The van der Waals surface area contributed by atoms with Crippen LogP contribution in [0.4, 0.5) is 0 Å². The number of aromatic amines is 1. The summed E-state index contributed by atoms with van der Waals surface area (Å²) in [6, 6.07) is -0.319. The van der Waals surface area contributed by atoms with Crippen molar-refractivity contribution in [3.05, 3.63) is 10.7 Å². The molecule has 0 amide bonds. The van der Waals surface area contributed by atoms with Crippen LogP contribution < -0.4 is 5.73 Å². The number of nitrogens with two attached hydrogens (primary N) is 1. The van der Waals surface area contributed by atoms with Gasteiger partial charge >= 0.3 is 4.84 Å². The number of H-pyrrole nitrogens is 1. The maximum absolute atomic E-state index is 5.58. The van der Waals surface area contributed by atoms with E-state index in [2.05, 4.69) is 32.8 Å². The second kappa shape index (κ2) is 3.32. The molecule has 0 bridgehead atoms. The van der Waals surface area contributed by atoms with E-state index in [0.29, 0.717) is 12.2 Å². The first-order chi connectivity index (χ1) is 5.24. The third kappa shape index (κ3) is 1.90. The largest absolute Gasteiger partial charge is 0.348 e. The highest BCUT2D eigenvalue weighted by Crippen LogP contribution is 2.06. The Morgan fingerprint density at radius 2 is 2.64 bits per heavy atom. The molecule has 0 saturated heterocycles. The molecule has 5 heteroatoms. The summed E-state index contributed by atoms with van der Waals surface area (Å²) in [5.74, 6) is 2.91. The van der Waals surface area contributed by atoms with Gasteiger partial charge in [0.05, 0.1) is 6.04 Å². The Labute approximate surface area is 68.8 Å². The Hall–Kier alpha value is -1.12. The highest BCUT2D eigenvalue weighted by molar-refractivity contribution is 7.71. The van der Waals surface area contributed by atoms with Crippen molar-refractivity contribution in [1.29, 1.82) is 0 Å². The maximum Gasteiger partial charge on any atom is 0.314 e. The highest BCUT2D eigenvalue weighted by atomic mass is 32.1. The highest BCUT2D eigenvalue weighted by Gasteiger charge is 2.07. The smallest absolute Gasteiger partial charge is 0.314 e. The molecule has 0 unspecified atom stereocenters. The third-order valence-electron chi connectivity index (χ3n) is 1.14. The summed E-state index contributed by atoms with van der Waals surface area (Å²) in [7, 11) is 0. The Morgan fingerprint density at radius 1 is 1.91 bits per heavy atom. The zero-order chi connectivity index (χ0) is 8.27. The normalized spacial score (nSPS) is 12.4. The maximum atomic E-state index is 5.58. The summed E-state index contributed by atoms with van der Waals surface area (Å²) in [4.78, 5) is 3.95. The summed E-state index contributed by atoms with van der Waals surface area (Å²) >= 11 is 4.62. The van der Waals surface area contributed by atoms with Gasteiger partial charge in [0.1, 0.15) is 0 Å². The van der Waals surface area contributed by atoms with Crippen molar-refractivity contribution in [3.63, 3.8) is 0 Å². The van der Waals surface area contributed by atoms with Crippen molar-refractivity contribution in [2.75, 3.05) is 0 Å². The number of nitrogens with zero attached hydrogens (tertiary/aromatic N) is 1. The lowest BCUT2D eigenvalue weighted by Crippen LogP contribution is -2.10. The van der Waals surface area contributed by atoms with E-state index in [-0.39, 0.29) is 10.9 Å². The minimum atomic E-state index is -0.319. The number of hydrogen-bond donors (Lipinski definition) is 2. The summed E-state index contributed by atoms with van der Waals surface area (Å²) in [5, 5.41) is 2.48. The fourth-order valence-electron chi connectivity index (χ4n) is 0.622. The van der Waals surface area contributed by atoms with Crippen LogP contribution in [0.25, 0.3) is 0 Å². The second-order valence-corrected chi connectivity index (χ2v) is 2.33. The van der Waals surface area contributed by atoms with Crippen LogP contribution in [0, 0.1) is 17.2 Å². The van der Waals surface area contributed by atoms with Crippen molar-refractivity contribution in [3.8, 4) is 12.3 Å². The molecule has 1 aromatic rings. The molecule has 1 aromatic heterocycles. The zero-order valence-corrected chi connectivity index (χ0v) is 6.52. The first kappa shape index (κ1) is 7.98. The lowest BCUT2D eigenvalue weighted by molar-refractivity contribution is 0.394. The predicted molar refractivity (Wildman–Crippen MR) is 42.1 cm³/mol. The third-order valence-corrected chi connectivity index (χ3v) is 1.32. The Balaban J connectivity index is 2.78. The van der Waals surface area contributed by atoms with Crippen LogP contribution in [-0.4, -0.2) is 10.1 Å². The first-order valence-electron chi connectivity index (χ1n) is 2.98. The van der Waals surface area contributed by atoms with Crippen molar-refractivity contribution in [2.45, 2.75) is 12.5 Å². The van der Waals surface area contributed by atoms with E-state index >= 15 is 0 Å². The van der Waals surface area contributed by atoms with E-state index in [0.717, 1.165) is 0 Å². The molecule has 1 atom stereocenters. The van der Waals surface area contributed by atoms with Crippen molar-refractivity contribution in [1.82, 2.24) is 10.1 Å². The average molecular weight is 169 g/mol. The van der Waals surface area contributed by atoms with Crippen molar-refractivity contribution < 1.29 is 4.52 Å². The lowest BCUT2D eigenvalue weighted by atomic mass is 10.2. The molecule has 0 aliphatic rings. The fraction of sp³-hybridized carbons (Fsp3) is 0.333. The van der Waals surface area contributed by atoms with E-state index in [4.69, 9.17) is 12.2 Å². The molecule has 3 N–H and O–H groups in total.